The van der Waals surface area contributed by atoms with Crippen molar-refractivity contribution < 1.29 is 31.9 Å². The van der Waals surface area contributed by atoms with E-state index in [1.54, 1.807) is 30.3 Å². The van der Waals surface area contributed by atoms with Crippen LogP contribution in [0.1, 0.15) is 32.0 Å². The normalized spacial score (nSPS) is 10.5. The van der Waals surface area contributed by atoms with Gasteiger partial charge in [-0.15, -0.1) is 0 Å². The Balaban J connectivity index is 1.65. The first-order valence-corrected chi connectivity index (χ1v) is 8.60. The summed E-state index contributed by atoms with van der Waals surface area (Å²) in [5.74, 6) is -5.78. The maximum Gasteiger partial charge on any atom is 0.374 e. The van der Waals surface area contributed by atoms with Gasteiger partial charge in [-0.2, -0.15) is 0 Å². The zero-order chi connectivity index (χ0) is 21.7. The number of hydrogen-bond acceptors (Lipinski definition) is 5. The van der Waals surface area contributed by atoms with Crippen LogP contribution < -0.4 is 10.7 Å². The molecule has 1 heterocycles. The average molecular weight is 417 g/mol. The molecule has 1 amide bonds. The first kappa shape index (κ1) is 20.8. The number of carbonyl (C=O) groups excluding carboxylic acids is 2. The molecule has 0 atom stereocenters. The Hall–Kier alpha value is -3.88. The maximum atomic E-state index is 13.6. The quantitative estimate of drug-likeness (QED) is 0.622. The van der Waals surface area contributed by atoms with E-state index in [0.717, 1.165) is 17.9 Å². The Morgan fingerprint density at radius 2 is 1.67 bits per heavy atom. The highest BCUT2D eigenvalue weighted by Crippen LogP contribution is 2.14. The summed E-state index contributed by atoms with van der Waals surface area (Å²) in [5.41, 5.74) is -1.19. The molecule has 3 rings (SSSR count). The van der Waals surface area contributed by atoms with E-state index in [0.29, 0.717) is 12.1 Å². The lowest BCUT2D eigenvalue weighted by Gasteiger charge is -2.08. The third-order valence-corrected chi connectivity index (χ3v) is 4.02. The molecule has 2 aromatic carbocycles. The summed E-state index contributed by atoms with van der Waals surface area (Å²) >= 11 is 0. The van der Waals surface area contributed by atoms with Crippen LogP contribution in [0.3, 0.4) is 0 Å². The number of esters is 1. The van der Waals surface area contributed by atoms with Gasteiger partial charge in [-0.25, -0.2) is 18.0 Å². The molecule has 0 aliphatic rings. The summed E-state index contributed by atoms with van der Waals surface area (Å²) in [6, 6.07) is 10.5. The Morgan fingerprint density at radius 1 is 1.00 bits per heavy atom. The number of ether oxygens (including phenoxy) is 1. The zero-order valence-corrected chi connectivity index (χ0v) is 15.3. The van der Waals surface area contributed by atoms with Crippen LogP contribution in [-0.2, 0) is 17.9 Å². The van der Waals surface area contributed by atoms with Crippen LogP contribution >= 0.6 is 0 Å². The van der Waals surface area contributed by atoms with E-state index in [1.165, 1.54) is 0 Å². The largest absolute Gasteiger partial charge is 0.456 e. The molecule has 0 spiro atoms. The van der Waals surface area contributed by atoms with Crippen molar-refractivity contribution in [3.63, 3.8) is 0 Å². The lowest BCUT2D eigenvalue weighted by atomic mass is 10.2. The van der Waals surface area contributed by atoms with E-state index >= 15 is 0 Å². The van der Waals surface area contributed by atoms with Crippen molar-refractivity contribution >= 4 is 11.9 Å². The molecule has 9 heteroatoms. The summed E-state index contributed by atoms with van der Waals surface area (Å²) in [5, 5.41) is 2.13. The molecular weight excluding hydrogens is 403 g/mol. The van der Waals surface area contributed by atoms with Crippen molar-refractivity contribution in [2.24, 2.45) is 0 Å². The topological polar surface area (TPSA) is 85.6 Å². The van der Waals surface area contributed by atoms with E-state index in [2.05, 4.69) is 5.32 Å². The Kier molecular flexibility index (Phi) is 6.31. The highest BCUT2D eigenvalue weighted by atomic mass is 19.1. The van der Waals surface area contributed by atoms with Gasteiger partial charge in [0.05, 0.1) is 0 Å². The van der Waals surface area contributed by atoms with Gasteiger partial charge in [-0.1, -0.05) is 30.3 Å². The molecule has 0 bridgehead atoms. The Morgan fingerprint density at radius 3 is 2.30 bits per heavy atom. The molecule has 154 valence electrons. The first-order valence-electron chi connectivity index (χ1n) is 8.60. The van der Waals surface area contributed by atoms with Gasteiger partial charge in [0.1, 0.15) is 35.9 Å². The number of hydrogen-bond donors (Lipinski definition) is 1. The van der Waals surface area contributed by atoms with Crippen LogP contribution in [0.5, 0.6) is 0 Å². The minimum atomic E-state index is -1.18. The van der Waals surface area contributed by atoms with Gasteiger partial charge in [-0.05, 0) is 5.56 Å². The van der Waals surface area contributed by atoms with Crippen LogP contribution in [0.25, 0.3) is 0 Å². The Bertz CT molecular complexity index is 1120. The molecule has 3 aromatic rings. The minimum absolute atomic E-state index is 0.0413. The summed E-state index contributed by atoms with van der Waals surface area (Å²) in [6.07, 6.45) is 0.744. The molecule has 0 fully saturated rings. The molecule has 0 aliphatic carbocycles. The third kappa shape index (κ3) is 4.93. The van der Waals surface area contributed by atoms with Crippen molar-refractivity contribution in [3.05, 3.63) is 105 Å². The molecule has 0 saturated heterocycles. The number of halogens is 3. The van der Waals surface area contributed by atoms with Gasteiger partial charge in [0, 0.05) is 30.3 Å². The molecule has 0 aliphatic heterocycles. The SMILES string of the molecule is O=C(OCc1ccccc1)c1cc(=O)c(C(=O)NCc2c(F)cc(F)cc2F)co1. The van der Waals surface area contributed by atoms with Gasteiger partial charge in [0.15, 0.2) is 5.43 Å². The summed E-state index contributed by atoms with van der Waals surface area (Å²) < 4.78 is 50.2. The lowest BCUT2D eigenvalue weighted by molar-refractivity contribution is 0.0432. The molecule has 6 nitrogen and oxygen atoms in total. The van der Waals surface area contributed by atoms with E-state index in [4.69, 9.17) is 9.15 Å². The van der Waals surface area contributed by atoms with Gasteiger partial charge in [0.2, 0.25) is 5.76 Å². The molecule has 30 heavy (non-hydrogen) atoms. The van der Waals surface area contributed by atoms with Crippen LogP contribution in [0.4, 0.5) is 13.2 Å². The second-order valence-corrected chi connectivity index (χ2v) is 6.11. The fourth-order valence-electron chi connectivity index (χ4n) is 2.48. The fourth-order valence-corrected chi connectivity index (χ4v) is 2.48. The second-order valence-electron chi connectivity index (χ2n) is 6.11. The maximum absolute atomic E-state index is 13.6. The van der Waals surface area contributed by atoms with Gasteiger partial charge < -0.3 is 14.5 Å². The molecule has 0 unspecified atom stereocenters. The monoisotopic (exact) mass is 417 g/mol. The van der Waals surface area contributed by atoms with Crippen LogP contribution in [0.15, 0.2) is 64.0 Å². The second kappa shape index (κ2) is 9.08. The Labute approximate surface area is 167 Å². The summed E-state index contributed by atoms with van der Waals surface area (Å²) in [7, 11) is 0. The number of carbonyl (C=O) groups is 2. The van der Waals surface area contributed by atoms with Gasteiger partial charge in [0.25, 0.3) is 5.91 Å². The fraction of sp³-hybridized carbons (Fsp3) is 0.0952. The van der Waals surface area contributed by atoms with E-state index in [9.17, 15) is 27.6 Å². The molecule has 0 radical (unpaired) electrons. The highest BCUT2D eigenvalue weighted by molar-refractivity contribution is 5.94. The molecular formula is C21H14F3NO5. The number of benzene rings is 2. The van der Waals surface area contributed by atoms with Crippen molar-refractivity contribution in [1.29, 1.82) is 0 Å². The average Bonchev–Trinajstić information content (AvgIpc) is 2.71. The van der Waals surface area contributed by atoms with Crippen molar-refractivity contribution in [1.82, 2.24) is 5.32 Å². The van der Waals surface area contributed by atoms with Crippen LogP contribution in [-0.4, -0.2) is 11.9 Å². The number of rotatable bonds is 6. The highest BCUT2D eigenvalue weighted by Gasteiger charge is 2.18. The van der Waals surface area contributed by atoms with Crippen molar-refractivity contribution in [2.45, 2.75) is 13.2 Å². The molecule has 1 aromatic heterocycles. The van der Waals surface area contributed by atoms with Crippen molar-refractivity contribution in [3.8, 4) is 0 Å². The van der Waals surface area contributed by atoms with E-state index < -0.39 is 58.2 Å². The first-order chi connectivity index (χ1) is 14.3. The van der Waals surface area contributed by atoms with Gasteiger partial charge in [-0.3, -0.25) is 9.59 Å². The molecule has 1 N–H and O–H groups in total. The summed E-state index contributed by atoms with van der Waals surface area (Å²) in [6.45, 7) is -0.669. The van der Waals surface area contributed by atoms with E-state index in [-0.39, 0.29) is 6.61 Å². The lowest BCUT2D eigenvalue weighted by Crippen LogP contribution is -2.29. The number of nitrogens with one attached hydrogen (secondary N) is 1. The van der Waals surface area contributed by atoms with E-state index in [1.807, 2.05) is 0 Å². The van der Waals surface area contributed by atoms with Crippen molar-refractivity contribution in [2.75, 3.05) is 0 Å². The predicted octanol–water partition coefficient (Wildman–Crippen LogP) is 3.34. The smallest absolute Gasteiger partial charge is 0.374 e. The predicted molar refractivity (Wildman–Crippen MR) is 98.0 cm³/mol. The van der Waals surface area contributed by atoms with Crippen LogP contribution in [0, 0.1) is 17.5 Å². The minimum Gasteiger partial charge on any atom is -0.456 e. The zero-order valence-electron chi connectivity index (χ0n) is 15.3. The molecule has 0 saturated carbocycles. The standard InChI is InChI=1S/C21H14F3NO5/c22-13-6-16(23)14(17(24)7-13)9-25-20(27)15-11-29-19(8-18(15)26)21(28)30-10-12-4-2-1-3-5-12/h1-8,11H,9-10H2,(H,25,27). The number of amides is 1. The van der Waals surface area contributed by atoms with Crippen LogP contribution in [0.2, 0.25) is 0 Å². The van der Waals surface area contributed by atoms with Gasteiger partial charge >= 0.3 is 5.97 Å². The summed E-state index contributed by atoms with van der Waals surface area (Å²) in [4.78, 5) is 36.2. The third-order valence-electron chi connectivity index (χ3n) is 4.02.